The molecule has 0 unspecified atom stereocenters. The molecular weight excluding hydrogens is 258 g/mol. The first-order valence-corrected chi connectivity index (χ1v) is 6.82. The van der Waals surface area contributed by atoms with Crippen LogP contribution in [-0.4, -0.2) is 16.8 Å². The Hall–Kier alpha value is -1.04. The van der Waals surface area contributed by atoms with Gasteiger partial charge in [-0.1, -0.05) is 0 Å². The van der Waals surface area contributed by atoms with Gasteiger partial charge in [0.2, 0.25) is 11.8 Å². The number of aromatic nitrogens is 1. The maximum atomic E-state index is 13.0. The summed E-state index contributed by atoms with van der Waals surface area (Å²) < 4.78 is 26.0. The Labute approximate surface area is 109 Å². The number of aryl methyl sites for hydroxylation is 2. The van der Waals surface area contributed by atoms with E-state index in [0.717, 1.165) is 10.6 Å². The summed E-state index contributed by atoms with van der Waals surface area (Å²) >= 11 is 1.42. The minimum Gasteiger partial charge on any atom is -0.302 e. The minimum atomic E-state index is -2.59. The van der Waals surface area contributed by atoms with Gasteiger partial charge in [-0.3, -0.25) is 4.79 Å². The van der Waals surface area contributed by atoms with E-state index in [2.05, 4.69) is 10.3 Å². The van der Waals surface area contributed by atoms with Crippen LogP contribution in [0.4, 0.5) is 13.9 Å². The molecule has 0 aromatic carbocycles. The van der Waals surface area contributed by atoms with Gasteiger partial charge in [0.05, 0.1) is 5.69 Å². The van der Waals surface area contributed by atoms with E-state index < -0.39 is 5.92 Å². The summed E-state index contributed by atoms with van der Waals surface area (Å²) in [5.74, 6) is -3.08. The fraction of sp³-hybridized carbons (Fsp3) is 0.667. The second-order valence-electron chi connectivity index (χ2n) is 4.78. The van der Waals surface area contributed by atoms with Crippen LogP contribution < -0.4 is 5.32 Å². The molecule has 0 aliphatic heterocycles. The number of nitrogens with one attached hydrogen (secondary N) is 1. The number of alkyl halides is 2. The number of rotatable bonds is 2. The van der Waals surface area contributed by atoms with Gasteiger partial charge in [0.25, 0.3) is 0 Å². The molecule has 0 atom stereocenters. The number of halogens is 2. The van der Waals surface area contributed by atoms with E-state index in [4.69, 9.17) is 0 Å². The van der Waals surface area contributed by atoms with Crippen LogP contribution in [0.25, 0.3) is 0 Å². The lowest BCUT2D eigenvalue weighted by molar-refractivity contribution is -0.124. The molecule has 1 saturated carbocycles. The van der Waals surface area contributed by atoms with Crippen LogP contribution in [0.1, 0.15) is 36.3 Å². The van der Waals surface area contributed by atoms with Crippen LogP contribution in [0.5, 0.6) is 0 Å². The Balaban J connectivity index is 1.93. The minimum absolute atomic E-state index is 0.181. The lowest BCUT2D eigenvalue weighted by Gasteiger charge is -2.27. The first-order chi connectivity index (χ1) is 8.37. The molecule has 18 heavy (non-hydrogen) atoms. The van der Waals surface area contributed by atoms with Crippen molar-refractivity contribution < 1.29 is 13.6 Å². The van der Waals surface area contributed by atoms with Crippen molar-refractivity contribution in [3.05, 3.63) is 10.6 Å². The number of amides is 1. The van der Waals surface area contributed by atoms with Gasteiger partial charge in [0.1, 0.15) is 0 Å². The number of nitrogens with zero attached hydrogens (tertiary/aromatic N) is 1. The van der Waals surface area contributed by atoms with Crippen molar-refractivity contribution in [1.82, 2.24) is 4.98 Å². The highest BCUT2D eigenvalue weighted by atomic mass is 32.1. The van der Waals surface area contributed by atoms with Crippen molar-refractivity contribution in [2.75, 3.05) is 5.32 Å². The first-order valence-electron chi connectivity index (χ1n) is 6.00. The van der Waals surface area contributed by atoms with Gasteiger partial charge in [-0.05, 0) is 26.7 Å². The number of hydrogen-bond acceptors (Lipinski definition) is 3. The molecule has 1 aliphatic carbocycles. The van der Waals surface area contributed by atoms with E-state index in [9.17, 15) is 13.6 Å². The van der Waals surface area contributed by atoms with Crippen molar-refractivity contribution in [3.63, 3.8) is 0 Å². The summed E-state index contributed by atoms with van der Waals surface area (Å²) in [6.07, 6.45) is 0.117. The first kappa shape index (κ1) is 13.4. The van der Waals surface area contributed by atoms with Crippen LogP contribution in [0.3, 0.4) is 0 Å². The number of hydrogen-bond donors (Lipinski definition) is 1. The fourth-order valence-corrected chi connectivity index (χ4v) is 2.85. The van der Waals surface area contributed by atoms with Crippen molar-refractivity contribution in [2.24, 2.45) is 5.92 Å². The Morgan fingerprint density at radius 3 is 2.50 bits per heavy atom. The summed E-state index contributed by atoms with van der Waals surface area (Å²) in [4.78, 5) is 17.2. The molecule has 1 aromatic heterocycles. The summed E-state index contributed by atoms with van der Waals surface area (Å²) in [6.45, 7) is 3.81. The molecule has 0 spiro atoms. The van der Waals surface area contributed by atoms with E-state index in [1.807, 2.05) is 13.8 Å². The third kappa shape index (κ3) is 3.04. The molecule has 1 fully saturated rings. The highest BCUT2D eigenvalue weighted by Gasteiger charge is 2.37. The van der Waals surface area contributed by atoms with Crippen molar-refractivity contribution in [1.29, 1.82) is 0 Å². The van der Waals surface area contributed by atoms with Crippen LogP contribution in [0.15, 0.2) is 0 Å². The van der Waals surface area contributed by atoms with E-state index in [1.54, 1.807) is 0 Å². The predicted molar refractivity (Wildman–Crippen MR) is 67.1 cm³/mol. The Kier molecular flexibility index (Phi) is 3.66. The van der Waals surface area contributed by atoms with Gasteiger partial charge in [0.15, 0.2) is 5.13 Å². The smallest absolute Gasteiger partial charge is 0.248 e. The Morgan fingerprint density at radius 2 is 2.00 bits per heavy atom. The average molecular weight is 274 g/mol. The molecule has 1 N–H and O–H groups in total. The van der Waals surface area contributed by atoms with Crippen molar-refractivity contribution in [3.8, 4) is 0 Å². The molecule has 0 bridgehead atoms. The number of thiazole rings is 1. The monoisotopic (exact) mass is 274 g/mol. The second-order valence-corrected chi connectivity index (χ2v) is 5.98. The van der Waals surface area contributed by atoms with Gasteiger partial charge < -0.3 is 5.32 Å². The fourth-order valence-electron chi connectivity index (χ4n) is 2.04. The highest BCUT2D eigenvalue weighted by Crippen LogP contribution is 2.36. The topological polar surface area (TPSA) is 42.0 Å². The lowest BCUT2D eigenvalue weighted by Crippen LogP contribution is -2.31. The zero-order valence-corrected chi connectivity index (χ0v) is 11.2. The average Bonchev–Trinajstić information content (AvgIpc) is 2.57. The SMILES string of the molecule is Cc1nc(NC(=O)C2CCC(F)(F)CC2)sc1C. The zero-order chi connectivity index (χ0) is 13.3. The molecule has 1 aliphatic rings. The van der Waals surface area contributed by atoms with Crippen molar-refractivity contribution >= 4 is 22.4 Å². The quantitative estimate of drug-likeness (QED) is 0.896. The normalized spacial score (nSPS) is 19.8. The molecule has 6 heteroatoms. The van der Waals surface area contributed by atoms with Crippen LogP contribution in [0.2, 0.25) is 0 Å². The Bertz CT molecular complexity index is 429. The summed E-state index contributed by atoms with van der Waals surface area (Å²) in [7, 11) is 0. The van der Waals surface area contributed by atoms with Gasteiger partial charge in [0, 0.05) is 23.6 Å². The summed E-state index contributed by atoms with van der Waals surface area (Å²) in [6, 6.07) is 0. The third-order valence-electron chi connectivity index (χ3n) is 3.35. The van der Waals surface area contributed by atoms with E-state index in [1.165, 1.54) is 11.3 Å². The zero-order valence-electron chi connectivity index (χ0n) is 10.4. The molecule has 1 aromatic rings. The second kappa shape index (κ2) is 4.91. The van der Waals surface area contributed by atoms with E-state index >= 15 is 0 Å². The van der Waals surface area contributed by atoms with Crippen LogP contribution in [-0.2, 0) is 4.79 Å². The lowest BCUT2D eigenvalue weighted by atomic mass is 9.86. The highest BCUT2D eigenvalue weighted by molar-refractivity contribution is 7.15. The third-order valence-corrected chi connectivity index (χ3v) is 4.33. The maximum absolute atomic E-state index is 13.0. The van der Waals surface area contributed by atoms with Gasteiger partial charge in [-0.2, -0.15) is 0 Å². The van der Waals surface area contributed by atoms with Gasteiger partial charge >= 0.3 is 0 Å². The summed E-state index contributed by atoms with van der Waals surface area (Å²) in [5, 5.41) is 3.29. The number of carbonyl (C=O) groups is 1. The molecule has 2 rings (SSSR count). The number of anilines is 1. The molecule has 1 amide bonds. The summed E-state index contributed by atoms with van der Waals surface area (Å²) in [5.41, 5.74) is 0.894. The van der Waals surface area contributed by atoms with Gasteiger partial charge in [-0.15, -0.1) is 11.3 Å². The molecule has 3 nitrogen and oxygen atoms in total. The van der Waals surface area contributed by atoms with Crippen LogP contribution in [0, 0.1) is 19.8 Å². The maximum Gasteiger partial charge on any atom is 0.248 e. The molecule has 100 valence electrons. The van der Waals surface area contributed by atoms with Crippen LogP contribution >= 0.6 is 11.3 Å². The largest absolute Gasteiger partial charge is 0.302 e. The standard InChI is InChI=1S/C12H16F2N2OS/c1-7-8(2)18-11(15-7)16-10(17)9-3-5-12(13,14)6-4-9/h9H,3-6H2,1-2H3,(H,15,16,17). The molecule has 0 saturated heterocycles. The van der Waals surface area contributed by atoms with Crippen molar-refractivity contribution in [2.45, 2.75) is 45.5 Å². The molecule has 1 heterocycles. The molecular formula is C12H16F2N2OS. The number of carbonyl (C=O) groups excluding carboxylic acids is 1. The van der Waals surface area contributed by atoms with E-state index in [-0.39, 0.29) is 37.5 Å². The van der Waals surface area contributed by atoms with E-state index in [0.29, 0.717) is 5.13 Å². The van der Waals surface area contributed by atoms with Gasteiger partial charge in [-0.25, -0.2) is 13.8 Å². The predicted octanol–water partition coefficient (Wildman–Crippen LogP) is 3.52. The Morgan fingerprint density at radius 1 is 1.39 bits per heavy atom. The molecule has 0 radical (unpaired) electrons.